The highest BCUT2D eigenvalue weighted by Gasteiger charge is 2.31. The Kier molecular flexibility index (Phi) is 3.65. The molecule has 2 N–H and O–H groups in total. The molecule has 1 unspecified atom stereocenters. The van der Waals surface area contributed by atoms with Gasteiger partial charge in [0.15, 0.2) is 0 Å². The lowest BCUT2D eigenvalue weighted by molar-refractivity contribution is -0.132. The van der Waals surface area contributed by atoms with Gasteiger partial charge in [0.05, 0.1) is 11.6 Å². The van der Waals surface area contributed by atoms with E-state index in [1.54, 1.807) is 36.2 Å². The van der Waals surface area contributed by atoms with E-state index in [0.717, 1.165) is 5.56 Å². The lowest BCUT2D eigenvalue weighted by Gasteiger charge is -2.29. The Morgan fingerprint density at radius 1 is 1.25 bits per heavy atom. The molecular weight excluding hydrogens is 282 g/mol. The van der Waals surface area contributed by atoms with Crippen molar-refractivity contribution in [3.05, 3.63) is 58.6 Å². The van der Waals surface area contributed by atoms with E-state index in [1.807, 2.05) is 6.07 Å². The van der Waals surface area contributed by atoms with Crippen LogP contribution >= 0.6 is 0 Å². The summed E-state index contributed by atoms with van der Waals surface area (Å²) >= 11 is 0. The monoisotopic (exact) mass is 295 g/mol. The van der Waals surface area contributed by atoms with Crippen LogP contribution in [-0.2, 0) is 14.9 Å². The van der Waals surface area contributed by atoms with Gasteiger partial charge in [0.1, 0.15) is 4.91 Å². The maximum Gasteiger partial charge on any atom is 0.338 e. The van der Waals surface area contributed by atoms with Gasteiger partial charge in [-0.25, -0.2) is 4.79 Å². The van der Waals surface area contributed by atoms with E-state index in [1.165, 1.54) is 12.3 Å². The van der Waals surface area contributed by atoms with Crippen molar-refractivity contribution in [1.82, 2.24) is 4.90 Å². The highest BCUT2D eigenvalue weighted by Crippen LogP contribution is 2.32. The molecule has 1 aliphatic rings. The number of rotatable bonds is 3. The number of likely N-dealkylation sites (N-methyl/N-ethyl adjacent to an activating group) is 1. The van der Waals surface area contributed by atoms with Crippen LogP contribution in [0.25, 0.3) is 0 Å². The Balaban J connectivity index is 2.55. The molecule has 0 saturated heterocycles. The molecule has 0 aromatic heterocycles. The van der Waals surface area contributed by atoms with Crippen molar-refractivity contribution in [3.63, 3.8) is 0 Å². The molecule has 0 amide bonds. The standard InChI is InChI=1S/C13H13NO5S/c1-14-8-10(13(15)16)12(20(17,18)19)7-11(14)9-5-3-2-4-6-9/h2-8,11H,1H3,(H,15,16)(H,17,18,19). The van der Waals surface area contributed by atoms with Crippen LogP contribution in [0, 0.1) is 0 Å². The summed E-state index contributed by atoms with van der Waals surface area (Å²) in [6, 6.07) is 8.52. The van der Waals surface area contributed by atoms with Crippen molar-refractivity contribution in [2.24, 2.45) is 0 Å². The molecule has 0 spiro atoms. The summed E-state index contributed by atoms with van der Waals surface area (Å²) in [6.07, 6.45) is 2.43. The third-order valence-electron chi connectivity index (χ3n) is 3.00. The lowest BCUT2D eigenvalue weighted by atomic mass is 10.0. The molecule has 2 rings (SSSR count). The van der Waals surface area contributed by atoms with Crippen LogP contribution in [0.2, 0.25) is 0 Å². The summed E-state index contributed by atoms with van der Waals surface area (Å²) in [5.41, 5.74) is 0.332. The van der Waals surface area contributed by atoms with Gasteiger partial charge in [-0.1, -0.05) is 30.3 Å². The van der Waals surface area contributed by atoms with E-state index in [0.29, 0.717) is 0 Å². The van der Waals surface area contributed by atoms with Crippen LogP contribution < -0.4 is 0 Å². The SMILES string of the molecule is CN1C=C(C(=O)O)C(S(=O)(=O)O)=CC1c1ccccc1. The van der Waals surface area contributed by atoms with Gasteiger partial charge in [-0.05, 0) is 11.6 Å². The first-order chi connectivity index (χ1) is 9.30. The second-order valence-corrected chi connectivity index (χ2v) is 5.76. The van der Waals surface area contributed by atoms with Gasteiger partial charge in [-0.15, -0.1) is 0 Å². The number of aliphatic carboxylic acids is 1. The minimum atomic E-state index is -4.60. The minimum absolute atomic E-state index is 0.456. The van der Waals surface area contributed by atoms with Crippen LogP contribution in [0.3, 0.4) is 0 Å². The first kappa shape index (κ1) is 14.3. The molecule has 1 heterocycles. The van der Waals surface area contributed by atoms with E-state index in [2.05, 4.69) is 0 Å². The fraction of sp³-hybridized carbons (Fsp3) is 0.154. The second kappa shape index (κ2) is 5.10. The van der Waals surface area contributed by atoms with Crippen LogP contribution in [0.5, 0.6) is 0 Å². The normalized spacial score (nSPS) is 19.3. The van der Waals surface area contributed by atoms with Gasteiger partial charge in [0.25, 0.3) is 10.1 Å². The molecule has 1 atom stereocenters. The summed E-state index contributed by atoms with van der Waals surface area (Å²) in [6.45, 7) is 0. The minimum Gasteiger partial charge on any atom is -0.478 e. The Morgan fingerprint density at radius 2 is 1.85 bits per heavy atom. The first-order valence-corrected chi connectivity index (χ1v) is 7.16. The highest BCUT2D eigenvalue weighted by atomic mass is 32.2. The maximum atomic E-state index is 11.3. The van der Waals surface area contributed by atoms with Crippen molar-refractivity contribution in [3.8, 4) is 0 Å². The van der Waals surface area contributed by atoms with Crippen LogP contribution in [-0.4, -0.2) is 36.0 Å². The van der Waals surface area contributed by atoms with Crippen molar-refractivity contribution in [2.75, 3.05) is 7.05 Å². The third kappa shape index (κ3) is 2.73. The summed E-state index contributed by atoms with van der Waals surface area (Å²) in [7, 11) is -2.96. The van der Waals surface area contributed by atoms with E-state index in [9.17, 15) is 17.8 Å². The van der Waals surface area contributed by atoms with Gasteiger partial charge in [-0.2, -0.15) is 8.42 Å². The molecule has 6 nitrogen and oxygen atoms in total. The maximum absolute atomic E-state index is 11.3. The molecule has 0 saturated carbocycles. The van der Waals surface area contributed by atoms with Gasteiger partial charge in [-0.3, -0.25) is 4.55 Å². The third-order valence-corrected chi connectivity index (χ3v) is 3.91. The smallest absolute Gasteiger partial charge is 0.338 e. The summed E-state index contributed by atoms with van der Waals surface area (Å²) in [5.74, 6) is -1.41. The van der Waals surface area contributed by atoms with E-state index >= 15 is 0 Å². The zero-order chi connectivity index (χ0) is 14.9. The topological polar surface area (TPSA) is 94.9 Å². The van der Waals surface area contributed by atoms with Gasteiger partial charge >= 0.3 is 5.97 Å². The largest absolute Gasteiger partial charge is 0.478 e. The van der Waals surface area contributed by atoms with Crippen LogP contribution in [0.15, 0.2) is 53.1 Å². The number of hydrogen-bond donors (Lipinski definition) is 2. The fourth-order valence-electron chi connectivity index (χ4n) is 2.07. The van der Waals surface area contributed by atoms with E-state index in [-0.39, 0.29) is 0 Å². The van der Waals surface area contributed by atoms with Crippen LogP contribution in [0.1, 0.15) is 11.6 Å². The molecule has 0 fully saturated rings. The van der Waals surface area contributed by atoms with Crippen molar-refractivity contribution in [1.29, 1.82) is 0 Å². The number of benzene rings is 1. The molecule has 0 bridgehead atoms. The van der Waals surface area contributed by atoms with Crippen molar-refractivity contribution in [2.45, 2.75) is 6.04 Å². The Labute approximate surface area is 116 Å². The molecule has 7 heteroatoms. The zero-order valence-corrected chi connectivity index (χ0v) is 11.4. The van der Waals surface area contributed by atoms with Crippen molar-refractivity contribution < 1.29 is 22.9 Å². The highest BCUT2D eigenvalue weighted by molar-refractivity contribution is 7.90. The molecule has 20 heavy (non-hydrogen) atoms. The molecule has 106 valence electrons. The average molecular weight is 295 g/mol. The Hall–Kier alpha value is -2.12. The van der Waals surface area contributed by atoms with E-state index < -0.39 is 32.6 Å². The van der Waals surface area contributed by atoms with Gasteiger partial charge in [0, 0.05) is 13.2 Å². The average Bonchev–Trinajstić information content (AvgIpc) is 2.38. The van der Waals surface area contributed by atoms with Gasteiger partial charge < -0.3 is 10.0 Å². The quantitative estimate of drug-likeness (QED) is 0.819. The Bertz CT molecular complexity index is 691. The Morgan fingerprint density at radius 3 is 2.35 bits per heavy atom. The summed E-state index contributed by atoms with van der Waals surface area (Å²) in [5, 5.41) is 9.04. The molecular formula is C13H13NO5S. The van der Waals surface area contributed by atoms with Gasteiger partial charge in [0.2, 0.25) is 0 Å². The predicted molar refractivity (Wildman–Crippen MR) is 72.3 cm³/mol. The van der Waals surface area contributed by atoms with E-state index in [4.69, 9.17) is 5.11 Å². The molecule has 1 aromatic rings. The lowest BCUT2D eigenvalue weighted by Crippen LogP contribution is -2.26. The summed E-state index contributed by atoms with van der Waals surface area (Å²) in [4.78, 5) is 12.1. The fourth-order valence-corrected chi connectivity index (χ4v) is 2.78. The number of nitrogens with zero attached hydrogens (tertiary/aromatic N) is 1. The number of carboxylic acids is 1. The first-order valence-electron chi connectivity index (χ1n) is 5.72. The summed E-state index contributed by atoms with van der Waals surface area (Å²) < 4.78 is 31.9. The zero-order valence-electron chi connectivity index (χ0n) is 10.6. The van der Waals surface area contributed by atoms with Crippen molar-refractivity contribution >= 4 is 16.1 Å². The number of carboxylic acid groups (broad SMARTS) is 1. The predicted octanol–water partition coefficient (Wildman–Crippen LogP) is 1.41. The molecule has 1 aromatic carbocycles. The number of hydrogen-bond acceptors (Lipinski definition) is 4. The number of carbonyl (C=O) groups is 1. The molecule has 0 aliphatic carbocycles. The molecule has 0 radical (unpaired) electrons. The second-order valence-electron chi connectivity index (χ2n) is 4.37. The van der Waals surface area contributed by atoms with Crippen LogP contribution in [0.4, 0.5) is 0 Å². The molecule has 1 aliphatic heterocycles.